The highest BCUT2D eigenvalue weighted by molar-refractivity contribution is 7.92. The van der Waals surface area contributed by atoms with Crippen LogP contribution in [-0.2, 0) is 26.2 Å². The molecule has 0 aromatic heterocycles. The Kier molecular flexibility index (Phi) is 12.0. The van der Waals surface area contributed by atoms with E-state index in [9.17, 15) is 18.0 Å². The summed E-state index contributed by atoms with van der Waals surface area (Å²) in [4.78, 5) is 29.2. The van der Waals surface area contributed by atoms with E-state index in [0.29, 0.717) is 30.2 Å². The largest absolute Gasteiger partial charge is 0.497 e. The van der Waals surface area contributed by atoms with Crippen LogP contribution in [0.25, 0.3) is 0 Å². The van der Waals surface area contributed by atoms with Gasteiger partial charge in [-0.25, -0.2) is 8.42 Å². The number of benzene rings is 3. The number of methoxy groups -OCH3 is 3. The number of nitrogens with one attached hydrogen (secondary N) is 1. The molecule has 2 amide bonds. The summed E-state index contributed by atoms with van der Waals surface area (Å²) in [5, 5.41) is 2.93. The average molecular weight is 626 g/mol. The third kappa shape index (κ3) is 8.43. The molecule has 0 bridgehead atoms. The minimum Gasteiger partial charge on any atom is -0.497 e. The molecule has 0 saturated heterocycles. The normalized spacial score (nSPS) is 11.9. The SMILES string of the molecule is CC[C@@H](C(=O)NCC(C)C)N(Cc1cccc(OC)c1)C(=O)CN(c1ccc(OC)c(OC)c1)S(=O)(=O)c1ccc(C)cc1. The predicted molar refractivity (Wildman–Crippen MR) is 171 cm³/mol. The molecule has 238 valence electrons. The first kappa shape index (κ1) is 34.2. The molecular formula is C33H43N3O7S. The molecule has 3 aromatic rings. The molecule has 0 aliphatic heterocycles. The van der Waals surface area contributed by atoms with E-state index >= 15 is 0 Å². The Morgan fingerprint density at radius 2 is 1.57 bits per heavy atom. The number of aryl methyl sites for hydroxylation is 1. The quantitative estimate of drug-likeness (QED) is 0.258. The fraction of sp³-hybridized carbons (Fsp3) is 0.394. The van der Waals surface area contributed by atoms with Gasteiger partial charge in [0.2, 0.25) is 11.8 Å². The number of anilines is 1. The van der Waals surface area contributed by atoms with Crippen molar-refractivity contribution in [2.75, 3.05) is 38.7 Å². The summed E-state index contributed by atoms with van der Waals surface area (Å²) in [6.07, 6.45) is 0.320. The van der Waals surface area contributed by atoms with Crippen molar-refractivity contribution in [3.8, 4) is 17.2 Å². The van der Waals surface area contributed by atoms with Gasteiger partial charge in [0, 0.05) is 19.2 Å². The molecule has 0 radical (unpaired) electrons. The molecule has 0 saturated carbocycles. The first-order chi connectivity index (χ1) is 20.9. The van der Waals surface area contributed by atoms with Gasteiger partial charge in [0.15, 0.2) is 11.5 Å². The van der Waals surface area contributed by atoms with Crippen LogP contribution in [0.5, 0.6) is 17.2 Å². The fourth-order valence-corrected chi connectivity index (χ4v) is 6.06. The van der Waals surface area contributed by atoms with Gasteiger partial charge in [0.1, 0.15) is 18.3 Å². The van der Waals surface area contributed by atoms with Crippen molar-refractivity contribution in [1.29, 1.82) is 0 Å². The van der Waals surface area contributed by atoms with Gasteiger partial charge < -0.3 is 24.4 Å². The summed E-state index contributed by atoms with van der Waals surface area (Å²) in [7, 11) is 0.243. The molecule has 0 heterocycles. The summed E-state index contributed by atoms with van der Waals surface area (Å²) in [6, 6.07) is 17.4. The Morgan fingerprint density at radius 3 is 2.16 bits per heavy atom. The van der Waals surface area contributed by atoms with Crippen LogP contribution in [0.4, 0.5) is 5.69 Å². The molecule has 0 aliphatic rings. The molecule has 11 heteroatoms. The number of carbonyl (C=O) groups excluding carboxylic acids is 2. The van der Waals surface area contributed by atoms with Gasteiger partial charge in [-0.15, -0.1) is 0 Å². The van der Waals surface area contributed by atoms with Crippen LogP contribution in [0, 0.1) is 12.8 Å². The first-order valence-corrected chi connectivity index (χ1v) is 15.9. The highest BCUT2D eigenvalue weighted by atomic mass is 32.2. The van der Waals surface area contributed by atoms with Crippen molar-refractivity contribution >= 4 is 27.5 Å². The Bertz CT molecular complexity index is 1520. The number of rotatable bonds is 15. The van der Waals surface area contributed by atoms with E-state index in [1.807, 2.05) is 33.8 Å². The van der Waals surface area contributed by atoms with E-state index < -0.39 is 28.5 Å². The molecule has 44 heavy (non-hydrogen) atoms. The molecule has 0 spiro atoms. The van der Waals surface area contributed by atoms with Crippen LogP contribution in [0.15, 0.2) is 71.6 Å². The Morgan fingerprint density at radius 1 is 0.886 bits per heavy atom. The van der Waals surface area contributed by atoms with E-state index in [-0.39, 0.29) is 29.0 Å². The van der Waals surface area contributed by atoms with Gasteiger partial charge in [-0.1, -0.05) is 50.6 Å². The first-order valence-electron chi connectivity index (χ1n) is 14.5. The summed E-state index contributed by atoms with van der Waals surface area (Å²) >= 11 is 0. The second kappa shape index (κ2) is 15.5. The van der Waals surface area contributed by atoms with Crippen LogP contribution >= 0.6 is 0 Å². The Hall–Kier alpha value is -4.25. The maximum atomic E-state index is 14.3. The number of amides is 2. The molecule has 1 N–H and O–H groups in total. The maximum Gasteiger partial charge on any atom is 0.264 e. The second-order valence-corrected chi connectivity index (χ2v) is 12.7. The molecule has 0 aliphatic carbocycles. The summed E-state index contributed by atoms with van der Waals surface area (Å²) in [6.45, 7) is 7.58. The van der Waals surface area contributed by atoms with Gasteiger partial charge in [-0.2, -0.15) is 0 Å². The van der Waals surface area contributed by atoms with Crippen LogP contribution in [0.1, 0.15) is 38.3 Å². The molecule has 0 fully saturated rings. The van der Waals surface area contributed by atoms with E-state index in [4.69, 9.17) is 14.2 Å². The van der Waals surface area contributed by atoms with E-state index in [1.54, 1.807) is 49.6 Å². The third-order valence-electron chi connectivity index (χ3n) is 7.10. The molecule has 10 nitrogen and oxygen atoms in total. The second-order valence-electron chi connectivity index (χ2n) is 10.8. The van der Waals surface area contributed by atoms with Crippen molar-refractivity contribution < 1.29 is 32.2 Å². The van der Waals surface area contributed by atoms with E-state index in [2.05, 4.69) is 5.32 Å². The van der Waals surface area contributed by atoms with Crippen LogP contribution in [-0.4, -0.2) is 65.6 Å². The number of carbonyl (C=O) groups is 2. The van der Waals surface area contributed by atoms with Gasteiger partial charge in [0.05, 0.1) is 31.9 Å². The van der Waals surface area contributed by atoms with E-state index in [1.165, 1.54) is 37.3 Å². The fourth-order valence-electron chi connectivity index (χ4n) is 4.66. The zero-order valence-electron chi connectivity index (χ0n) is 26.5. The van der Waals surface area contributed by atoms with Crippen LogP contribution in [0.2, 0.25) is 0 Å². The van der Waals surface area contributed by atoms with Crippen LogP contribution in [0.3, 0.4) is 0 Å². The zero-order chi connectivity index (χ0) is 32.4. The zero-order valence-corrected chi connectivity index (χ0v) is 27.3. The average Bonchev–Trinajstić information content (AvgIpc) is 3.02. The minimum absolute atomic E-state index is 0.0201. The summed E-state index contributed by atoms with van der Waals surface area (Å²) in [5.41, 5.74) is 1.82. The lowest BCUT2D eigenvalue weighted by Gasteiger charge is -2.33. The highest BCUT2D eigenvalue weighted by Gasteiger charge is 2.34. The summed E-state index contributed by atoms with van der Waals surface area (Å²) in [5.74, 6) is 0.652. The molecule has 3 aromatic carbocycles. The molecule has 0 unspecified atom stereocenters. The van der Waals surface area contributed by atoms with Crippen LogP contribution < -0.4 is 23.8 Å². The van der Waals surface area contributed by atoms with Crippen molar-refractivity contribution in [3.63, 3.8) is 0 Å². The number of nitrogens with zero attached hydrogens (tertiary/aromatic N) is 2. The lowest BCUT2D eigenvalue weighted by atomic mass is 10.1. The maximum absolute atomic E-state index is 14.3. The summed E-state index contributed by atoms with van der Waals surface area (Å²) < 4.78 is 45.5. The highest BCUT2D eigenvalue weighted by Crippen LogP contribution is 2.34. The van der Waals surface area contributed by atoms with E-state index in [0.717, 1.165) is 15.4 Å². The number of hydrogen-bond donors (Lipinski definition) is 1. The number of hydrogen-bond acceptors (Lipinski definition) is 7. The monoisotopic (exact) mass is 625 g/mol. The molecule has 3 rings (SSSR count). The molecular weight excluding hydrogens is 582 g/mol. The smallest absolute Gasteiger partial charge is 0.264 e. The Labute approximate surface area is 261 Å². The number of ether oxygens (including phenoxy) is 3. The van der Waals surface area contributed by atoms with Gasteiger partial charge in [0.25, 0.3) is 10.0 Å². The number of sulfonamides is 1. The standard InChI is InChI=1S/C33H43N3O7S/c1-8-29(33(38)34-20-23(2)3)35(21-25-10-9-11-27(18-25)41-5)32(37)22-36(26-14-17-30(42-6)31(19-26)43-7)44(39,40)28-15-12-24(4)13-16-28/h9-19,23,29H,8,20-22H2,1-7H3,(H,34,38)/t29-/m0/s1. The van der Waals surface area contributed by atoms with Crippen molar-refractivity contribution in [2.45, 2.75) is 51.6 Å². The topological polar surface area (TPSA) is 114 Å². The predicted octanol–water partition coefficient (Wildman–Crippen LogP) is 4.80. The minimum atomic E-state index is -4.23. The third-order valence-corrected chi connectivity index (χ3v) is 8.89. The van der Waals surface area contributed by atoms with Gasteiger partial charge >= 0.3 is 0 Å². The van der Waals surface area contributed by atoms with Crippen molar-refractivity contribution in [1.82, 2.24) is 10.2 Å². The molecule has 1 atom stereocenters. The van der Waals surface area contributed by atoms with Crippen molar-refractivity contribution in [3.05, 3.63) is 77.9 Å². The lowest BCUT2D eigenvalue weighted by Crippen LogP contribution is -2.52. The van der Waals surface area contributed by atoms with Crippen molar-refractivity contribution in [2.24, 2.45) is 5.92 Å². The Balaban J connectivity index is 2.11. The van der Waals surface area contributed by atoms with Gasteiger partial charge in [-0.05, 0) is 61.2 Å². The lowest BCUT2D eigenvalue weighted by molar-refractivity contribution is -0.140. The van der Waals surface area contributed by atoms with Gasteiger partial charge in [-0.3, -0.25) is 13.9 Å².